The van der Waals surface area contributed by atoms with E-state index in [0.717, 1.165) is 12.1 Å². The molecule has 35 heavy (non-hydrogen) atoms. The first-order valence-corrected chi connectivity index (χ1v) is 10.7. The number of rotatable bonds is 7. The molecular weight excluding hydrogens is 471 g/mol. The molecule has 0 aliphatic carbocycles. The van der Waals surface area contributed by atoms with Gasteiger partial charge in [0.25, 0.3) is 11.6 Å². The molecule has 10 nitrogen and oxygen atoms in total. The van der Waals surface area contributed by atoms with Gasteiger partial charge in [0.15, 0.2) is 11.4 Å². The smallest absolute Gasteiger partial charge is 0.416 e. The number of nitrogens with zero attached hydrogens (tertiary/aromatic N) is 4. The van der Waals surface area contributed by atoms with E-state index in [1.165, 1.54) is 7.11 Å². The molecule has 1 aliphatic rings. The third kappa shape index (κ3) is 5.34. The summed E-state index contributed by atoms with van der Waals surface area (Å²) in [5.41, 5.74) is -1.42. The highest BCUT2D eigenvalue weighted by atomic mass is 19.4. The summed E-state index contributed by atoms with van der Waals surface area (Å²) in [5.74, 6) is 1.20. The molecule has 13 heteroatoms. The normalized spacial score (nSPS) is 16.8. The molecule has 3 heterocycles. The Hall–Kier alpha value is -3.74. The zero-order valence-electron chi connectivity index (χ0n) is 19.0. The highest BCUT2D eigenvalue weighted by Crippen LogP contribution is 2.36. The number of anilines is 1. The van der Waals surface area contributed by atoms with Crippen molar-refractivity contribution >= 4 is 22.5 Å². The number of nitro benzene ring substituents is 1. The van der Waals surface area contributed by atoms with Crippen LogP contribution in [0.15, 0.2) is 24.3 Å². The molecule has 1 N–H and O–H groups in total. The fourth-order valence-corrected chi connectivity index (χ4v) is 3.70. The van der Waals surface area contributed by atoms with E-state index >= 15 is 0 Å². The lowest BCUT2D eigenvalue weighted by molar-refractivity contribution is -0.385. The summed E-state index contributed by atoms with van der Waals surface area (Å²) in [6, 6.07) is 3.34. The predicted octanol–water partition coefficient (Wildman–Crippen LogP) is 4.61. The fraction of sp³-hybridized carbons (Fsp3) is 0.409. The van der Waals surface area contributed by atoms with E-state index in [2.05, 4.69) is 20.3 Å². The number of aryl methyl sites for hydroxylation is 1. The van der Waals surface area contributed by atoms with Crippen molar-refractivity contribution in [2.75, 3.05) is 25.6 Å². The lowest BCUT2D eigenvalue weighted by Gasteiger charge is -2.19. The van der Waals surface area contributed by atoms with E-state index in [1.54, 1.807) is 19.9 Å². The molecule has 0 radical (unpaired) electrons. The highest BCUT2D eigenvalue weighted by molar-refractivity contribution is 5.88. The SMILES string of the molecule is COc1nc2nc(C)nc(N[C@H](C)c3cc([N+](=O)[O-])cc(C(F)(F)F)c3)c2cc1O[C@H]1CCOC1. The first-order chi connectivity index (χ1) is 16.5. The van der Waals surface area contributed by atoms with Crippen LogP contribution in [0.5, 0.6) is 11.6 Å². The van der Waals surface area contributed by atoms with Gasteiger partial charge in [0, 0.05) is 24.6 Å². The number of pyridine rings is 1. The molecule has 4 rings (SSSR count). The van der Waals surface area contributed by atoms with Crippen LogP contribution in [0.25, 0.3) is 11.0 Å². The molecule has 2 aromatic heterocycles. The zero-order valence-corrected chi connectivity index (χ0v) is 19.0. The Kier molecular flexibility index (Phi) is 6.61. The molecule has 1 aromatic carbocycles. The number of nitro groups is 1. The average Bonchev–Trinajstić information content (AvgIpc) is 3.31. The summed E-state index contributed by atoms with van der Waals surface area (Å²) in [5, 5.41) is 14.7. The van der Waals surface area contributed by atoms with Crippen LogP contribution in [-0.2, 0) is 10.9 Å². The number of methoxy groups -OCH3 is 1. The molecule has 0 unspecified atom stereocenters. The molecule has 0 saturated carbocycles. The number of fused-ring (bicyclic) bond motifs is 1. The van der Waals surface area contributed by atoms with Crippen LogP contribution in [0.2, 0.25) is 0 Å². The Balaban J connectivity index is 1.74. The van der Waals surface area contributed by atoms with E-state index in [-0.39, 0.29) is 29.0 Å². The number of aromatic nitrogens is 3. The van der Waals surface area contributed by atoms with Gasteiger partial charge < -0.3 is 19.5 Å². The van der Waals surface area contributed by atoms with Crippen LogP contribution in [0.4, 0.5) is 24.7 Å². The van der Waals surface area contributed by atoms with Gasteiger partial charge in [-0.1, -0.05) is 0 Å². The van der Waals surface area contributed by atoms with Gasteiger partial charge in [0.2, 0.25) is 0 Å². The number of ether oxygens (including phenoxy) is 3. The Bertz CT molecular complexity index is 1260. The van der Waals surface area contributed by atoms with Gasteiger partial charge in [0.1, 0.15) is 17.7 Å². The van der Waals surface area contributed by atoms with Gasteiger partial charge in [-0.2, -0.15) is 18.2 Å². The average molecular weight is 493 g/mol. The first kappa shape index (κ1) is 24.4. The number of non-ortho nitro benzene ring substituents is 1. The summed E-state index contributed by atoms with van der Waals surface area (Å²) >= 11 is 0. The Labute approximate surface area is 197 Å². The standard InChI is InChI=1S/C22H22F3N5O5/c1-11(13-6-14(22(23,24)25)8-15(7-13)30(31)32)26-19-17-9-18(35-16-4-5-34-10-16)21(33-3)29-20(17)28-12(2)27-19/h6-9,11,16H,4-5,10H2,1-3H3,(H,26,27,28,29)/t11-,16+/m1/s1. The van der Waals surface area contributed by atoms with Crippen molar-refractivity contribution < 1.29 is 32.3 Å². The Morgan fingerprint density at radius 2 is 2.00 bits per heavy atom. The lowest BCUT2D eigenvalue weighted by Crippen LogP contribution is -2.17. The Morgan fingerprint density at radius 1 is 1.23 bits per heavy atom. The van der Waals surface area contributed by atoms with Gasteiger partial charge >= 0.3 is 6.18 Å². The lowest BCUT2D eigenvalue weighted by atomic mass is 10.0. The molecule has 3 aromatic rings. The van der Waals surface area contributed by atoms with Gasteiger partial charge in [0.05, 0.1) is 42.2 Å². The van der Waals surface area contributed by atoms with Crippen LogP contribution in [-0.4, -0.2) is 46.3 Å². The van der Waals surface area contributed by atoms with E-state index < -0.39 is 28.4 Å². The minimum Gasteiger partial charge on any atom is -0.482 e. The Morgan fingerprint density at radius 3 is 2.63 bits per heavy atom. The van der Waals surface area contributed by atoms with Crippen molar-refractivity contribution in [3.63, 3.8) is 0 Å². The number of halogens is 3. The van der Waals surface area contributed by atoms with E-state index in [4.69, 9.17) is 14.2 Å². The first-order valence-electron chi connectivity index (χ1n) is 10.7. The second kappa shape index (κ2) is 9.49. The van der Waals surface area contributed by atoms with Crippen molar-refractivity contribution in [2.45, 2.75) is 38.6 Å². The summed E-state index contributed by atoms with van der Waals surface area (Å²) < 4.78 is 56.7. The molecule has 1 saturated heterocycles. The molecule has 1 fully saturated rings. The third-order valence-electron chi connectivity index (χ3n) is 5.44. The monoisotopic (exact) mass is 493 g/mol. The molecule has 0 bridgehead atoms. The molecule has 1 aliphatic heterocycles. The molecule has 186 valence electrons. The van der Waals surface area contributed by atoms with Crippen molar-refractivity contribution in [3.05, 3.63) is 51.3 Å². The van der Waals surface area contributed by atoms with Crippen molar-refractivity contribution in [2.24, 2.45) is 0 Å². The maximum atomic E-state index is 13.3. The summed E-state index contributed by atoms with van der Waals surface area (Å²) in [4.78, 5) is 23.5. The van der Waals surface area contributed by atoms with Gasteiger partial charge in [-0.05, 0) is 25.5 Å². The van der Waals surface area contributed by atoms with Gasteiger partial charge in [-0.15, -0.1) is 0 Å². The van der Waals surface area contributed by atoms with Crippen molar-refractivity contribution in [3.8, 4) is 11.6 Å². The number of nitrogens with one attached hydrogen (secondary N) is 1. The zero-order chi connectivity index (χ0) is 25.3. The second-order valence-corrected chi connectivity index (χ2v) is 8.02. The summed E-state index contributed by atoms with van der Waals surface area (Å²) in [7, 11) is 1.45. The van der Waals surface area contributed by atoms with Gasteiger partial charge in [-0.25, -0.2) is 9.97 Å². The van der Waals surface area contributed by atoms with Crippen molar-refractivity contribution in [1.29, 1.82) is 0 Å². The second-order valence-electron chi connectivity index (χ2n) is 8.02. The van der Waals surface area contributed by atoms with E-state index in [1.807, 2.05) is 0 Å². The quantitative estimate of drug-likeness (QED) is 0.371. The minimum absolute atomic E-state index is 0.0667. The third-order valence-corrected chi connectivity index (χ3v) is 5.44. The van der Waals surface area contributed by atoms with Crippen LogP contribution in [0.1, 0.15) is 36.3 Å². The largest absolute Gasteiger partial charge is 0.482 e. The summed E-state index contributed by atoms with van der Waals surface area (Å²) in [6.07, 6.45) is -4.23. The van der Waals surface area contributed by atoms with Crippen LogP contribution in [0, 0.1) is 17.0 Å². The summed E-state index contributed by atoms with van der Waals surface area (Å²) in [6.45, 7) is 4.21. The topological polar surface area (TPSA) is 122 Å². The highest BCUT2D eigenvalue weighted by Gasteiger charge is 2.33. The number of benzene rings is 1. The number of hydrogen-bond acceptors (Lipinski definition) is 9. The molecular formula is C22H22F3N5O5. The predicted molar refractivity (Wildman–Crippen MR) is 119 cm³/mol. The number of hydrogen-bond donors (Lipinski definition) is 1. The van der Waals surface area contributed by atoms with E-state index in [9.17, 15) is 23.3 Å². The maximum absolute atomic E-state index is 13.3. The van der Waals surface area contributed by atoms with Crippen molar-refractivity contribution in [1.82, 2.24) is 15.0 Å². The molecule has 2 atom stereocenters. The molecule has 0 amide bonds. The minimum atomic E-state index is -4.74. The van der Waals surface area contributed by atoms with E-state index in [0.29, 0.717) is 42.7 Å². The fourth-order valence-electron chi connectivity index (χ4n) is 3.70. The van der Waals surface area contributed by atoms with Gasteiger partial charge in [-0.3, -0.25) is 10.1 Å². The molecule has 0 spiro atoms. The van der Waals surface area contributed by atoms with Crippen LogP contribution >= 0.6 is 0 Å². The number of alkyl halides is 3. The van der Waals surface area contributed by atoms with Crippen LogP contribution in [0.3, 0.4) is 0 Å². The van der Waals surface area contributed by atoms with Crippen LogP contribution < -0.4 is 14.8 Å². The maximum Gasteiger partial charge on any atom is 0.416 e.